The second-order valence-electron chi connectivity index (χ2n) is 5.36. The van der Waals surface area contributed by atoms with Crippen molar-refractivity contribution in [1.29, 1.82) is 0 Å². The number of benzene rings is 2. The number of ether oxygens (including phenoxy) is 1. The Morgan fingerprint density at radius 3 is 2.58 bits per heavy atom. The number of carbonyl (C=O) groups is 1. The Morgan fingerprint density at radius 2 is 1.92 bits per heavy atom. The molecule has 0 fully saturated rings. The molecule has 0 aliphatic rings. The van der Waals surface area contributed by atoms with Gasteiger partial charge in [0.25, 0.3) is 0 Å². The zero-order valence-corrected chi connectivity index (χ0v) is 13.3. The minimum atomic E-state index is -0.438. The Balaban J connectivity index is 1.54. The summed E-state index contributed by atoms with van der Waals surface area (Å²) < 4.78 is 6.91. The van der Waals surface area contributed by atoms with Gasteiger partial charge in [0.1, 0.15) is 19.3 Å². The van der Waals surface area contributed by atoms with Gasteiger partial charge < -0.3 is 10.1 Å². The first-order valence-corrected chi connectivity index (χ1v) is 7.64. The fourth-order valence-electron chi connectivity index (χ4n) is 2.28. The molecule has 2 aromatic carbocycles. The molecule has 0 bridgehead atoms. The molecule has 3 aromatic rings. The molecule has 6 heteroatoms. The first-order chi connectivity index (χ1) is 11.7. The van der Waals surface area contributed by atoms with E-state index in [2.05, 4.69) is 15.4 Å². The van der Waals surface area contributed by atoms with Crippen molar-refractivity contribution in [2.75, 3.05) is 0 Å². The summed E-state index contributed by atoms with van der Waals surface area (Å²) >= 11 is 0. The summed E-state index contributed by atoms with van der Waals surface area (Å²) in [6.07, 6.45) is 2.69. The molecule has 0 aliphatic carbocycles. The molecule has 122 valence electrons. The molecule has 1 aromatic heterocycles. The minimum Gasteiger partial charge on any atom is -0.445 e. The monoisotopic (exact) mass is 322 g/mol. The van der Waals surface area contributed by atoms with Crippen molar-refractivity contribution < 1.29 is 9.53 Å². The first-order valence-electron chi connectivity index (χ1n) is 7.64. The number of amides is 1. The number of hydrogen-bond donors (Lipinski definition) is 1. The van der Waals surface area contributed by atoms with E-state index in [1.165, 1.54) is 6.33 Å². The van der Waals surface area contributed by atoms with Gasteiger partial charge in [0, 0.05) is 0 Å². The minimum absolute atomic E-state index is 0.155. The molecule has 0 unspecified atom stereocenters. The van der Waals surface area contributed by atoms with Crippen molar-refractivity contribution in [3.8, 4) is 5.69 Å². The molecule has 0 radical (unpaired) electrons. The maximum absolute atomic E-state index is 11.9. The van der Waals surface area contributed by atoms with Gasteiger partial charge in [-0.15, -0.1) is 0 Å². The number of carbonyl (C=O) groups excluding carboxylic acids is 1. The normalized spacial score (nSPS) is 11.7. The summed E-state index contributed by atoms with van der Waals surface area (Å²) in [6.45, 7) is 2.17. The SMILES string of the molecule is C[C@H](NC(=O)OCc1ccccc1)c1ccc(-n2cncn2)cc1. The molecule has 1 N–H and O–H groups in total. The smallest absolute Gasteiger partial charge is 0.407 e. The van der Waals surface area contributed by atoms with Crippen LogP contribution in [0.25, 0.3) is 5.69 Å². The van der Waals surface area contributed by atoms with E-state index in [4.69, 9.17) is 4.74 Å². The molecule has 0 spiro atoms. The Labute approximate surface area is 140 Å². The maximum Gasteiger partial charge on any atom is 0.407 e. The van der Waals surface area contributed by atoms with Crippen LogP contribution >= 0.6 is 0 Å². The highest BCUT2D eigenvalue weighted by atomic mass is 16.5. The predicted octanol–water partition coefficient (Wildman–Crippen LogP) is 3.25. The van der Waals surface area contributed by atoms with Gasteiger partial charge in [0.05, 0.1) is 11.7 Å². The van der Waals surface area contributed by atoms with Gasteiger partial charge in [0.2, 0.25) is 0 Å². The van der Waals surface area contributed by atoms with E-state index < -0.39 is 6.09 Å². The van der Waals surface area contributed by atoms with Crippen LogP contribution in [0.1, 0.15) is 24.1 Å². The number of alkyl carbamates (subject to hydrolysis) is 1. The fourth-order valence-corrected chi connectivity index (χ4v) is 2.28. The molecule has 1 atom stereocenters. The molecule has 0 saturated heterocycles. The Morgan fingerprint density at radius 1 is 1.17 bits per heavy atom. The molecule has 0 saturated carbocycles. The van der Waals surface area contributed by atoms with Gasteiger partial charge in [-0.05, 0) is 30.2 Å². The highest BCUT2D eigenvalue weighted by Crippen LogP contribution is 2.15. The van der Waals surface area contributed by atoms with Gasteiger partial charge in [-0.3, -0.25) is 0 Å². The number of rotatable bonds is 5. The van der Waals surface area contributed by atoms with Gasteiger partial charge in [-0.25, -0.2) is 14.5 Å². The summed E-state index contributed by atoms with van der Waals surface area (Å²) in [5.41, 5.74) is 2.85. The lowest BCUT2D eigenvalue weighted by Crippen LogP contribution is -2.27. The van der Waals surface area contributed by atoms with Crippen molar-refractivity contribution >= 4 is 6.09 Å². The van der Waals surface area contributed by atoms with E-state index in [1.54, 1.807) is 11.0 Å². The lowest BCUT2D eigenvalue weighted by Gasteiger charge is -2.15. The second kappa shape index (κ2) is 7.41. The molecule has 24 heavy (non-hydrogen) atoms. The molecule has 1 heterocycles. The van der Waals surface area contributed by atoms with Crippen molar-refractivity contribution in [3.05, 3.63) is 78.4 Å². The standard InChI is InChI=1S/C18H18N4O2/c1-14(21-18(23)24-11-15-5-3-2-4-6-15)16-7-9-17(10-8-16)22-13-19-12-20-22/h2-10,12-14H,11H2,1H3,(H,21,23)/t14-/m0/s1. The fraction of sp³-hybridized carbons (Fsp3) is 0.167. The third-order valence-electron chi connectivity index (χ3n) is 3.62. The molecule has 3 rings (SSSR count). The van der Waals surface area contributed by atoms with Crippen LogP contribution < -0.4 is 5.32 Å². The molecular formula is C18H18N4O2. The van der Waals surface area contributed by atoms with Crippen LogP contribution in [0, 0.1) is 0 Å². The summed E-state index contributed by atoms with van der Waals surface area (Å²) in [4.78, 5) is 15.8. The van der Waals surface area contributed by atoms with E-state index in [9.17, 15) is 4.79 Å². The number of hydrogen-bond acceptors (Lipinski definition) is 4. The van der Waals surface area contributed by atoms with E-state index in [-0.39, 0.29) is 12.6 Å². The summed E-state index contributed by atoms with van der Waals surface area (Å²) in [6, 6.07) is 17.2. The zero-order valence-electron chi connectivity index (χ0n) is 13.3. The second-order valence-corrected chi connectivity index (χ2v) is 5.36. The molecule has 6 nitrogen and oxygen atoms in total. The molecule has 0 aliphatic heterocycles. The Hall–Kier alpha value is -3.15. The zero-order chi connectivity index (χ0) is 16.8. The van der Waals surface area contributed by atoms with E-state index in [1.807, 2.05) is 61.5 Å². The average molecular weight is 322 g/mol. The van der Waals surface area contributed by atoms with Crippen molar-refractivity contribution in [2.45, 2.75) is 19.6 Å². The third kappa shape index (κ3) is 3.98. The number of nitrogens with one attached hydrogen (secondary N) is 1. The van der Waals surface area contributed by atoms with Crippen LogP contribution in [0.5, 0.6) is 0 Å². The highest BCUT2D eigenvalue weighted by molar-refractivity contribution is 5.67. The van der Waals surface area contributed by atoms with Crippen LogP contribution in [0.4, 0.5) is 4.79 Å². The van der Waals surface area contributed by atoms with Gasteiger partial charge in [-0.1, -0.05) is 42.5 Å². The van der Waals surface area contributed by atoms with E-state index in [0.29, 0.717) is 0 Å². The number of nitrogens with zero attached hydrogens (tertiary/aromatic N) is 3. The number of aromatic nitrogens is 3. The summed E-state index contributed by atoms with van der Waals surface area (Å²) in [7, 11) is 0. The average Bonchev–Trinajstić information content (AvgIpc) is 3.16. The lowest BCUT2D eigenvalue weighted by atomic mass is 10.1. The molecular weight excluding hydrogens is 304 g/mol. The summed E-state index contributed by atoms with van der Waals surface area (Å²) in [5, 5.41) is 6.90. The van der Waals surface area contributed by atoms with Gasteiger partial charge in [0.15, 0.2) is 0 Å². The van der Waals surface area contributed by atoms with Gasteiger partial charge >= 0.3 is 6.09 Å². The summed E-state index contributed by atoms with van der Waals surface area (Å²) in [5.74, 6) is 0. The van der Waals surface area contributed by atoms with Crippen LogP contribution in [0.2, 0.25) is 0 Å². The van der Waals surface area contributed by atoms with Crippen molar-refractivity contribution in [2.24, 2.45) is 0 Å². The largest absolute Gasteiger partial charge is 0.445 e. The predicted molar refractivity (Wildman–Crippen MR) is 89.5 cm³/mol. The third-order valence-corrected chi connectivity index (χ3v) is 3.62. The maximum atomic E-state index is 11.9. The van der Waals surface area contributed by atoms with E-state index in [0.717, 1.165) is 16.8 Å². The molecule has 1 amide bonds. The first kappa shape index (κ1) is 15.7. The van der Waals surface area contributed by atoms with E-state index >= 15 is 0 Å². The van der Waals surface area contributed by atoms with Crippen LogP contribution in [-0.4, -0.2) is 20.9 Å². The van der Waals surface area contributed by atoms with Crippen LogP contribution in [-0.2, 0) is 11.3 Å². The van der Waals surface area contributed by atoms with Crippen LogP contribution in [0.3, 0.4) is 0 Å². The topological polar surface area (TPSA) is 69.0 Å². The van der Waals surface area contributed by atoms with Crippen LogP contribution in [0.15, 0.2) is 67.3 Å². The quantitative estimate of drug-likeness (QED) is 0.783. The highest BCUT2D eigenvalue weighted by Gasteiger charge is 2.11. The Bertz CT molecular complexity index is 771. The van der Waals surface area contributed by atoms with Gasteiger partial charge in [-0.2, -0.15) is 5.10 Å². The lowest BCUT2D eigenvalue weighted by molar-refractivity contribution is 0.136. The van der Waals surface area contributed by atoms with Crippen molar-refractivity contribution in [3.63, 3.8) is 0 Å². The Kier molecular flexibility index (Phi) is 4.86. The van der Waals surface area contributed by atoms with Crippen molar-refractivity contribution in [1.82, 2.24) is 20.1 Å².